The zero-order valence-electron chi connectivity index (χ0n) is 19.8. The summed E-state index contributed by atoms with van der Waals surface area (Å²) in [7, 11) is 3.11. The van der Waals surface area contributed by atoms with E-state index in [1.807, 2.05) is 12.1 Å². The van der Waals surface area contributed by atoms with Crippen molar-refractivity contribution in [3.63, 3.8) is 0 Å². The summed E-state index contributed by atoms with van der Waals surface area (Å²) < 4.78 is 0. The number of anilines is 1. The molecule has 0 aliphatic heterocycles. The fourth-order valence-corrected chi connectivity index (χ4v) is 4.09. The van der Waals surface area contributed by atoms with Crippen molar-refractivity contribution in [1.29, 1.82) is 0 Å². The van der Waals surface area contributed by atoms with Crippen LogP contribution in [0.5, 0.6) is 0 Å². The first kappa shape index (κ1) is 27.2. The number of carbonyl (C=O) groups is 4. The summed E-state index contributed by atoms with van der Waals surface area (Å²) in [6.07, 6.45) is 0.946. The number of likely N-dealkylation sites (N-methyl/N-ethyl adjacent to an activating group) is 1. The first-order valence-electron chi connectivity index (χ1n) is 10.7. The predicted molar refractivity (Wildman–Crippen MR) is 134 cm³/mol. The van der Waals surface area contributed by atoms with Crippen LogP contribution < -0.4 is 27.8 Å². The van der Waals surface area contributed by atoms with Crippen LogP contribution in [-0.2, 0) is 27.2 Å². The topological polar surface area (TPSA) is 199 Å². The van der Waals surface area contributed by atoms with Gasteiger partial charge < -0.3 is 32.7 Å². The largest absolute Gasteiger partial charge is 0.370 e. The van der Waals surface area contributed by atoms with E-state index in [9.17, 15) is 19.2 Å². The lowest BCUT2D eigenvalue weighted by Crippen LogP contribution is -2.46. The highest BCUT2D eigenvalue weighted by atomic mass is 32.1. The second-order valence-corrected chi connectivity index (χ2v) is 8.94. The Balaban J connectivity index is 2.24. The number of amides is 4. The lowest BCUT2D eigenvalue weighted by Gasteiger charge is -2.21. The highest BCUT2D eigenvalue weighted by molar-refractivity contribution is 7.17. The monoisotopic (exact) mass is 502 g/mol. The van der Waals surface area contributed by atoms with Gasteiger partial charge in [-0.25, -0.2) is 9.98 Å². The predicted octanol–water partition coefficient (Wildman–Crippen LogP) is 0.244. The van der Waals surface area contributed by atoms with Crippen LogP contribution in [0.3, 0.4) is 0 Å². The molecule has 8 N–H and O–H groups in total. The SMILES string of the molecule is CC(=O)Nc1nc(CCc2ccc(N=C(N)N)cc2)c(C(=O)N[C@@H](CCC(N)=O)C(=O)N(C)C)s1. The normalized spacial score (nSPS) is 11.3. The van der Waals surface area contributed by atoms with E-state index in [-0.39, 0.29) is 40.6 Å². The molecular weight excluding hydrogens is 472 g/mol. The molecule has 1 atom stereocenters. The number of carbonyl (C=O) groups excluding carboxylic acids is 4. The quantitative estimate of drug-likeness (QED) is 0.214. The molecule has 0 spiro atoms. The molecule has 0 unspecified atom stereocenters. The van der Waals surface area contributed by atoms with E-state index in [1.54, 1.807) is 26.2 Å². The Morgan fingerprint density at radius 3 is 2.29 bits per heavy atom. The van der Waals surface area contributed by atoms with Gasteiger partial charge in [0, 0.05) is 27.4 Å². The third kappa shape index (κ3) is 8.70. The van der Waals surface area contributed by atoms with Crippen LogP contribution in [0, 0.1) is 0 Å². The van der Waals surface area contributed by atoms with Crippen LogP contribution in [0.2, 0.25) is 0 Å². The fourth-order valence-electron chi connectivity index (χ4n) is 3.13. The zero-order valence-corrected chi connectivity index (χ0v) is 20.6. The maximum atomic E-state index is 13.1. The Labute approximate surface area is 207 Å². The van der Waals surface area contributed by atoms with Gasteiger partial charge in [-0.2, -0.15) is 0 Å². The molecule has 0 aliphatic carbocycles. The minimum atomic E-state index is -0.938. The molecule has 188 valence electrons. The van der Waals surface area contributed by atoms with Gasteiger partial charge in [0.05, 0.1) is 11.4 Å². The van der Waals surface area contributed by atoms with Crippen LogP contribution in [0.25, 0.3) is 0 Å². The summed E-state index contributed by atoms with van der Waals surface area (Å²) >= 11 is 1.01. The van der Waals surface area contributed by atoms with Gasteiger partial charge in [-0.3, -0.25) is 19.2 Å². The summed E-state index contributed by atoms with van der Waals surface area (Å²) in [4.78, 5) is 58.4. The number of primary amides is 1. The number of nitrogens with one attached hydrogen (secondary N) is 2. The molecule has 0 saturated carbocycles. The van der Waals surface area contributed by atoms with Crippen LogP contribution in [0.4, 0.5) is 10.8 Å². The molecule has 0 bridgehead atoms. The van der Waals surface area contributed by atoms with E-state index in [2.05, 4.69) is 20.6 Å². The third-order valence-corrected chi connectivity index (χ3v) is 5.77. The number of hydrogen-bond acceptors (Lipinski definition) is 7. The average molecular weight is 503 g/mol. The minimum Gasteiger partial charge on any atom is -0.370 e. The van der Waals surface area contributed by atoms with Crippen molar-refractivity contribution >= 4 is 51.7 Å². The molecule has 1 aromatic heterocycles. The number of nitrogens with two attached hydrogens (primary N) is 3. The lowest BCUT2D eigenvalue weighted by molar-refractivity contribution is -0.131. The van der Waals surface area contributed by atoms with E-state index in [4.69, 9.17) is 17.2 Å². The van der Waals surface area contributed by atoms with Crippen LogP contribution >= 0.6 is 11.3 Å². The number of nitrogens with zero attached hydrogens (tertiary/aromatic N) is 3. The summed E-state index contributed by atoms with van der Waals surface area (Å²) in [6, 6.07) is 6.31. The highest BCUT2D eigenvalue weighted by Crippen LogP contribution is 2.25. The number of benzene rings is 1. The first-order valence-corrected chi connectivity index (χ1v) is 11.5. The Morgan fingerprint density at radius 1 is 1.09 bits per heavy atom. The van der Waals surface area contributed by atoms with Crippen LogP contribution in [0.15, 0.2) is 29.3 Å². The highest BCUT2D eigenvalue weighted by Gasteiger charge is 2.26. The number of aliphatic imine (C=N–C) groups is 1. The third-order valence-electron chi connectivity index (χ3n) is 4.76. The van der Waals surface area contributed by atoms with Gasteiger partial charge in [0.25, 0.3) is 5.91 Å². The van der Waals surface area contributed by atoms with E-state index >= 15 is 0 Å². The molecule has 0 radical (unpaired) electrons. The molecule has 2 aromatic rings. The zero-order chi connectivity index (χ0) is 26.1. The maximum Gasteiger partial charge on any atom is 0.264 e. The first-order chi connectivity index (χ1) is 16.5. The Hall–Kier alpha value is -4.00. The van der Waals surface area contributed by atoms with Crippen molar-refractivity contribution < 1.29 is 19.2 Å². The second-order valence-electron chi connectivity index (χ2n) is 7.94. The van der Waals surface area contributed by atoms with Gasteiger partial charge in [0.15, 0.2) is 11.1 Å². The smallest absolute Gasteiger partial charge is 0.264 e. The molecule has 1 aromatic carbocycles. The second kappa shape index (κ2) is 12.5. The number of aromatic nitrogens is 1. The number of guanidine groups is 1. The van der Waals surface area contributed by atoms with Gasteiger partial charge in [0.2, 0.25) is 17.7 Å². The van der Waals surface area contributed by atoms with Gasteiger partial charge in [0.1, 0.15) is 10.9 Å². The Kier molecular flexibility index (Phi) is 9.70. The summed E-state index contributed by atoms with van der Waals surface area (Å²) in [5, 5.41) is 5.55. The molecule has 35 heavy (non-hydrogen) atoms. The number of aryl methyl sites for hydroxylation is 2. The number of rotatable bonds is 11. The van der Waals surface area contributed by atoms with Gasteiger partial charge >= 0.3 is 0 Å². The molecule has 12 nitrogen and oxygen atoms in total. The van der Waals surface area contributed by atoms with Crippen molar-refractivity contribution in [1.82, 2.24) is 15.2 Å². The van der Waals surface area contributed by atoms with Crippen molar-refractivity contribution in [3.8, 4) is 0 Å². The molecule has 0 saturated heterocycles. The molecular formula is C22H30N8O4S. The fraction of sp³-hybridized carbons (Fsp3) is 0.364. The van der Waals surface area contributed by atoms with E-state index in [0.29, 0.717) is 24.2 Å². The standard InChI is InChI=1S/C22H30N8O4S/c1-12(31)26-22-29-15(9-6-13-4-7-14(8-5-13)27-21(24)25)18(35-22)19(33)28-16(10-11-17(23)32)20(34)30(2)3/h4-5,7-8,16H,6,9-11H2,1-3H3,(H2,23,32)(H,28,33)(H4,24,25,27)(H,26,29,31)/t16-/m0/s1. The van der Waals surface area contributed by atoms with Crippen LogP contribution in [0.1, 0.15) is 40.7 Å². The van der Waals surface area contributed by atoms with E-state index in [1.165, 1.54) is 11.8 Å². The van der Waals surface area contributed by atoms with Crippen molar-refractivity contribution in [3.05, 3.63) is 40.4 Å². The summed E-state index contributed by atoms with van der Waals surface area (Å²) in [6.45, 7) is 1.34. The number of thiazole rings is 1. The van der Waals surface area contributed by atoms with Gasteiger partial charge in [-0.15, -0.1) is 0 Å². The van der Waals surface area contributed by atoms with Crippen molar-refractivity contribution in [2.45, 2.75) is 38.6 Å². The lowest BCUT2D eigenvalue weighted by atomic mass is 10.1. The molecule has 0 aliphatic rings. The van der Waals surface area contributed by atoms with Crippen molar-refractivity contribution in [2.75, 3.05) is 19.4 Å². The minimum absolute atomic E-state index is 0.0386. The maximum absolute atomic E-state index is 13.1. The molecule has 2 rings (SSSR count). The van der Waals surface area contributed by atoms with Gasteiger partial charge in [-0.1, -0.05) is 23.5 Å². The molecule has 4 amide bonds. The van der Waals surface area contributed by atoms with Crippen LogP contribution in [-0.4, -0.2) is 59.6 Å². The van der Waals surface area contributed by atoms with Gasteiger partial charge in [-0.05, 0) is 37.0 Å². The summed E-state index contributed by atoms with van der Waals surface area (Å²) in [5.74, 6) is -1.83. The number of hydrogen-bond donors (Lipinski definition) is 5. The van der Waals surface area contributed by atoms with E-state index in [0.717, 1.165) is 16.9 Å². The summed E-state index contributed by atoms with van der Waals surface area (Å²) in [5.41, 5.74) is 18.0. The average Bonchev–Trinajstić information content (AvgIpc) is 3.16. The Bertz CT molecular complexity index is 1110. The molecule has 0 fully saturated rings. The molecule has 13 heteroatoms. The Morgan fingerprint density at radius 2 is 1.74 bits per heavy atom. The van der Waals surface area contributed by atoms with Crippen molar-refractivity contribution in [2.24, 2.45) is 22.2 Å². The molecule has 1 heterocycles. The van der Waals surface area contributed by atoms with E-state index < -0.39 is 17.9 Å².